The maximum Gasteiger partial charge on any atom is 0.386 e. The number of alkyl halides is 1. The molecule has 0 saturated carbocycles. The van der Waals surface area contributed by atoms with Crippen LogP contribution in [0.4, 0.5) is 5.69 Å². The topological polar surface area (TPSA) is 36.5 Å². The van der Waals surface area contributed by atoms with Crippen LogP contribution in [0.5, 0.6) is 5.88 Å². The van der Waals surface area contributed by atoms with Crippen molar-refractivity contribution in [2.45, 2.75) is 16.1 Å². The van der Waals surface area contributed by atoms with Crippen molar-refractivity contribution < 1.29 is 33.7 Å². The SMILES string of the molecule is Oc1c(C=Nc2ccccc2)sc2[n+]1CC(CI)S2.[I-]. The van der Waals surface area contributed by atoms with Crippen LogP contribution in [-0.2, 0) is 6.54 Å². The minimum Gasteiger partial charge on any atom is -1.00 e. The van der Waals surface area contributed by atoms with Crippen molar-refractivity contribution in [1.82, 2.24) is 0 Å². The van der Waals surface area contributed by atoms with Crippen LogP contribution in [0.3, 0.4) is 0 Å². The summed E-state index contributed by atoms with van der Waals surface area (Å²) in [7, 11) is 0. The molecule has 1 unspecified atom stereocenters. The highest BCUT2D eigenvalue weighted by Gasteiger charge is 2.36. The maximum absolute atomic E-state index is 10.2. The molecule has 1 N–H and O–H groups in total. The number of hydrogen-bond acceptors (Lipinski definition) is 4. The summed E-state index contributed by atoms with van der Waals surface area (Å²) in [6.45, 7) is 0.893. The second-order valence-electron chi connectivity index (χ2n) is 4.15. The fourth-order valence-corrected chi connectivity index (χ4v) is 5.17. The number of para-hydroxylation sites is 1. The van der Waals surface area contributed by atoms with Gasteiger partial charge in [-0.3, -0.25) is 4.99 Å². The van der Waals surface area contributed by atoms with Crippen LogP contribution in [0, 0.1) is 0 Å². The van der Waals surface area contributed by atoms with Crippen molar-refractivity contribution in [2.75, 3.05) is 4.43 Å². The van der Waals surface area contributed by atoms with Crippen molar-refractivity contribution >= 4 is 57.6 Å². The van der Waals surface area contributed by atoms with E-state index in [0.717, 1.165) is 21.5 Å². The Morgan fingerprint density at radius 3 is 2.80 bits per heavy atom. The van der Waals surface area contributed by atoms with Crippen molar-refractivity contribution in [3.8, 4) is 5.88 Å². The third-order valence-corrected chi connectivity index (χ3v) is 6.98. The number of fused-ring (bicyclic) bond motifs is 1. The molecule has 0 bridgehead atoms. The zero-order valence-corrected chi connectivity index (χ0v) is 16.3. The van der Waals surface area contributed by atoms with E-state index in [-0.39, 0.29) is 24.0 Å². The minimum atomic E-state index is 0. The number of aliphatic imine (C=N–C) groups is 1. The summed E-state index contributed by atoms with van der Waals surface area (Å²) in [6.07, 6.45) is 1.75. The molecule has 1 aromatic carbocycles. The van der Waals surface area contributed by atoms with Gasteiger partial charge in [-0.05, 0) is 35.2 Å². The lowest BCUT2D eigenvalue weighted by molar-refractivity contribution is -0.724. The minimum absolute atomic E-state index is 0. The Morgan fingerprint density at radius 2 is 2.15 bits per heavy atom. The van der Waals surface area contributed by atoms with Crippen molar-refractivity contribution in [3.05, 3.63) is 35.2 Å². The van der Waals surface area contributed by atoms with Gasteiger partial charge < -0.3 is 29.1 Å². The molecule has 3 rings (SSSR count). The molecular formula is C13H12I2N2OS2. The molecule has 2 heterocycles. The average molecular weight is 530 g/mol. The smallest absolute Gasteiger partial charge is 0.386 e. The number of thioether (sulfide) groups is 1. The predicted octanol–water partition coefficient (Wildman–Crippen LogP) is 0.405. The molecule has 0 saturated heterocycles. The lowest BCUT2D eigenvalue weighted by Crippen LogP contribution is -3.00. The number of halogens is 2. The number of hydrogen-bond donors (Lipinski definition) is 1. The average Bonchev–Trinajstić information content (AvgIpc) is 2.97. The third-order valence-electron chi connectivity index (χ3n) is 2.81. The number of rotatable bonds is 3. The highest BCUT2D eigenvalue weighted by Crippen LogP contribution is 2.37. The Hall–Kier alpha value is 0.130. The Balaban J connectivity index is 0.00000147. The van der Waals surface area contributed by atoms with Gasteiger partial charge in [0.15, 0.2) is 11.4 Å². The summed E-state index contributed by atoms with van der Waals surface area (Å²) in [5, 5.41) is 10.8. The molecule has 7 heteroatoms. The Labute approximate surface area is 156 Å². The van der Waals surface area contributed by atoms with Gasteiger partial charge in [-0.25, -0.2) is 0 Å². The Bertz CT molecular complexity index is 616. The number of nitrogens with zero attached hydrogens (tertiary/aromatic N) is 2. The van der Waals surface area contributed by atoms with E-state index in [4.69, 9.17) is 0 Å². The first-order valence-electron chi connectivity index (χ1n) is 5.85. The monoisotopic (exact) mass is 530 g/mol. The first-order valence-corrected chi connectivity index (χ1v) is 9.07. The van der Waals surface area contributed by atoms with Crippen LogP contribution in [0.1, 0.15) is 4.88 Å². The summed E-state index contributed by atoms with van der Waals surface area (Å²) < 4.78 is 4.27. The first kappa shape index (κ1) is 16.5. The van der Waals surface area contributed by atoms with Gasteiger partial charge in [0.05, 0.1) is 17.2 Å². The molecule has 0 amide bonds. The highest BCUT2D eigenvalue weighted by molar-refractivity contribution is 14.1. The van der Waals surface area contributed by atoms with Gasteiger partial charge in [0.1, 0.15) is 0 Å². The molecule has 1 aliphatic rings. The van der Waals surface area contributed by atoms with Gasteiger partial charge >= 0.3 is 10.2 Å². The number of thiazole rings is 1. The molecule has 3 nitrogen and oxygen atoms in total. The fourth-order valence-electron chi connectivity index (χ4n) is 1.86. The molecule has 1 atom stereocenters. The molecule has 1 aromatic heterocycles. The summed E-state index contributed by atoms with van der Waals surface area (Å²) >= 11 is 5.85. The van der Waals surface area contributed by atoms with E-state index in [0.29, 0.717) is 11.1 Å². The molecule has 106 valence electrons. The lowest BCUT2D eigenvalue weighted by Gasteiger charge is -1.95. The molecular weight excluding hydrogens is 518 g/mol. The summed E-state index contributed by atoms with van der Waals surface area (Å²) in [6, 6.07) is 9.77. The second kappa shape index (κ2) is 7.41. The van der Waals surface area contributed by atoms with Crippen LogP contribution in [0.25, 0.3) is 0 Å². The largest absolute Gasteiger partial charge is 1.00 e. The van der Waals surface area contributed by atoms with Gasteiger partial charge in [0, 0.05) is 4.43 Å². The molecule has 2 aromatic rings. The van der Waals surface area contributed by atoms with Crippen molar-refractivity contribution in [2.24, 2.45) is 4.99 Å². The normalized spacial score (nSPS) is 17.1. The Morgan fingerprint density at radius 1 is 1.40 bits per heavy atom. The van der Waals surface area contributed by atoms with E-state index in [1.807, 2.05) is 46.7 Å². The summed E-state index contributed by atoms with van der Waals surface area (Å²) in [4.78, 5) is 5.22. The summed E-state index contributed by atoms with van der Waals surface area (Å²) in [5.41, 5.74) is 0.901. The van der Waals surface area contributed by atoms with E-state index in [1.54, 1.807) is 17.6 Å². The molecule has 1 aliphatic heterocycles. The van der Waals surface area contributed by atoms with E-state index < -0.39 is 0 Å². The molecule has 0 fully saturated rings. The second-order valence-corrected chi connectivity index (χ2v) is 7.61. The Kier molecular flexibility index (Phi) is 6.11. The first-order chi connectivity index (χ1) is 9.28. The standard InChI is InChI=1S/C13H11IN2OS2.HI/c14-6-10-8-16-12(17)11(19-13(16)18-10)7-15-9-4-2-1-3-5-9;/h1-5,7,10H,6,8H2;1H. The van der Waals surface area contributed by atoms with Gasteiger partial charge in [0.25, 0.3) is 0 Å². The van der Waals surface area contributed by atoms with Gasteiger partial charge in [-0.1, -0.05) is 40.8 Å². The van der Waals surface area contributed by atoms with Crippen LogP contribution in [0.2, 0.25) is 0 Å². The van der Waals surface area contributed by atoms with Gasteiger partial charge in [-0.15, -0.1) is 4.57 Å². The third kappa shape index (κ3) is 3.47. The van der Waals surface area contributed by atoms with Gasteiger partial charge in [-0.2, -0.15) is 0 Å². The molecule has 0 spiro atoms. The van der Waals surface area contributed by atoms with Crippen LogP contribution in [-0.4, -0.2) is 21.0 Å². The van der Waals surface area contributed by atoms with Crippen LogP contribution < -0.4 is 28.5 Å². The zero-order chi connectivity index (χ0) is 13.2. The fraction of sp³-hybridized carbons (Fsp3) is 0.231. The summed E-state index contributed by atoms with van der Waals surface area (Å²) in [5.74, 6) is 0.347. The van der Waals surface area contributed by atoms with E-state index in [2.05, 4.69) is 27.6 Å². The molecule has 0 aliphatic carbocycles. The number of aromatic nitrogens is 1. The van der Waals surface area contributed by atoms with Crippen molar-refractivity contribution in [3.63, 3.8) is 0 Å². The molecule has 0 radical (unpaired) electrons. The number of benzene rings is 1. The van der Waals surface area contributed by atoms with E-state index >= 15 is 0 Å². The quantitative estimate of drug-likeness (QED) is 0.270. The number of aromatic hydroxyl groups is 1. The predicted molar refractivity (Wildman–Crippen MR) is 88.4 cm³/mol. The van der Waals surface area contributed by atoms with Crippen LogP contribution >= 0.6 is 45.7 Å². The maximum atomic E-state index is 10.2. The van der Waals surface area contributed by atoms with E-state index in [1.165, 1.54) is 4.34 Å². The van der Waals surface area contributed by atoms with Gasteiger partial charge in [0.2, 0.25) is 0 Å². The zero-order valence-electron chi connectivity index (χ0n) is 10.4. The van der Waals surface area contributed by atoms with Crippen molar-refractivity contribution in [1.29, 1.82) is 0 Å². The lowest BCUT2D eigenvalue weighted by atomic mass is 10.3. The van der Waals surface area contributed by atoms with E-state index in [9.17, 15) is 5.11 Å². The molecule has 20 heavy (non-hydrogen) atoms. The highest BCUT2D eigenvalue weighted by atomic mass is 127. The van der Waals surface area contributed by atoms with Crippen LogP contribution in [0.15, 0.2) is 39.7 Å².